The largest absolute Gasteiger partial charge is 0.496 e. The highest BCUT2D eigenvalue weighted by Gasteiger charge is 2.25. The van der Waals surface area contributed by atoms with Crippen LogP contribution in [0.2, 0.25) is 0 Å². The first kappa shape index (κ1) is 27.2. The summed E-state index contributed by atoms with van der Waals surface area (Å²) in [6.45, 7) is 6.74. The molecule has 2 aromatic carbocycles. The molecule has 0 saturated carbocycles. The van der Waals surface area contributed by atoms with Gasteiger partial charge in [-0.3, -0.25) is 4.79 Å². The summed E-state index contributed by atoms with van der Waals surface area (Å²) in [6.07, 6.45) is 11.3. The fraction of sp³-hybridized carbons (Fsp3) is 0.485. The van der Waals surface area contributed by atoms with Crippen molar-refractivity contribution in [3.8, 4) is 5.75 Å². The molecular formula is C33H42N4O2. The van der Waals surface area contributed by atoms with Gasteiger partial charge < -0.3 is 15.0 Å². The van der Waals surface area contributed by atoms with Gasteiger partial charge in [-0.15, -0.1) is 0 Å². The number of rotatable bonds is 8. The molecule has 1 amide bonds. The Morgan fingerprint density at radius 1 is 1.08 bits per heavy atom. The van der Waals surface area contributed by atoms with Gasteiger partial charge in [0.15, 0.2) is 0 Å². The molecule has 5 rings (SSSR count). The molecular weight excluding hydrogens is 484 g/mol. The number of anilines is 2. The second-order valence-electron chi connectivity index (χ2n) is 11.1. The topological polar surface area (TPSA) is 67.3 Å². The van der Waals surface area contributed by atoms with Crippen LogP contribution in [0.3, 0.4) is 0 Å². The highest BCUT2D eigenvalue weighted by atomic mass is 16.5. The first-order chi connectivity index (χ1) is 19.1. The number of carbonyl (C=O) groups excluding carboxylic acids is 1. The molecule has 6 heteroatoms. The molecule has 1 aromatic heterocycles. The van der Waals surface area contributed by atoms with Gasteiger partial charge in [0.25, 0.3) is 5.91 Å². The second kappa shape index (κ2) is 12.6. The molecule has 0 aliphatic carbocycles. The van der Waals surface area contributed by atoms with Gasteiger partial charge >= 0.3 is 0 Å². The van der Waals surface area contributed by atoms with E-state index in [9.17, 15) is 4.79 Å². The molecule has 2 atom stereocenters. The Balaban J connectivity index is 1.31. The minimum Gasteiger partial charge on any atom is -0.496 e. The van der Waals surface area contributed by atoms with E-state index < -0.39 is 0 Å². The number of hydrogen-bond acceptors (Lipinski definition) is 5. The predicted molar refractivity (Wildman–Crippen MR) is 158 cm³/mol. The Hall–Kier alpha value is -3.41. The predicted octanol–water partition coefficient (Wildman–Crippen LogP) is 6.98. The maximum absolute atomic E-state index is 13.0. The number of nitrogens with one attached hydrogen (secondary N) is 1. The molecule has 0 radical (unpaired) electrons. The summed E-state index contributed by atoms with van der Waals surface area (Å²) >= 11 is 0. The van der Waals surface area contributed by atoms with Crippen molar-refractivity contribution < 1.29 is 9.53 Å². The molecule has 2 aliphatic heterocycles. The molecule has 1 fully saturated rings. The van der Waals surface area contributed by atoms with Gasteiger partial charge in [-0.2, -0.15) is 0 Å². The second-order valence-corrected chi connectivity index (χ2v) is 11.1. The summed E-state index contributed by atoms with van der Waals surface area (Å²) in [5, 5.41) is 3.06. The molecule has 2 aliphatic rings. The molecule has 2 unspecified atom stereocenters. The molecule has 3 aromatic rings. The number of ether oxygens (including phenoxy) is 1. The first-order valence-electron chi connectivity index (χ1n) is 14.8. The first-order valence-corrected chi connectivity index (χ1v) is 14.8. The van der Waals surface area contributed by atoms with Crippen molar-refractivity contribution in [1.82, 2.24) is 9.97 Å². The van der Waals surface area contributed by atoms with Crippen molar-refractivity contribution in [2.75, 3.05) is 30.4 Å². The lowest BCUT2D eigenvalue weighted by molar-refractivity contribution is 0.102. The zero-order valence-electron chi connectivity index (χ0n) is 23.7. The zero-order chi connectivity index (χ0) is 27.2. The Morgan fingerprint density at radius 3 is 2.77 bits per heavy atom. The van der Waals surface area contributed by atoms with Crippen LogP contribution in [0.25, 0.3) is 0 Å². The molecule has 3 heterocycles. The lowest BCUT2D eigenvalue weighted by Crippen LogP contribution is -2.24. The molecule has 0 bridgehead atoms. The van der Waals surface area contributed by atoms with Crippen molar-refractivity contribution in [2.24, 2.45) is 5.92 Å². The number of aryl methyl sites for hydroxylation is 2. The highest BCUT2D eigenvalue weighted by molar-refractivity contribution is 6.06. The third-order valence-corrected chi connectivity index (χ3v) is 8.57. The maximum atomic E-state index is 13.0. The van der Waals surface area contributed by atoms with Gasteiger partial charge in [-0.25, -0.2) is 9.97 Å². The Labute approximate surface area is 233 Å². The summed E-state index contributed by atoms with van der Waals surface area (Å²) < 4.78 is 5.83. The van der Waals surface area contributed by atoms with E-state index in [1.165, 1.54) is 36.9 Å². The number of amides is 1. The average molecular weight is 527 g/mol. The van der Waals surface area contributed by atoms with Gasteiger partial charge in [0.2, 0.25) is 0 Å². The highest BCUT2D eigenvalue weighted by Crippen LogP contribution is 2.33. The van der Waals surface area contributed by atoms with Crippen LogP contribution in [0, 0.1) is 5.92 Å². The van der Waals surface area contributed by atoms with Crippen LogP contribution in [-0.4, -0.2) is 36.1 Å². The van der Waals surface area contributed by atoms with E-state index in [2.05, 4.69) is 53.3 Å². The van der Waals surface area contributed by atoms with E-state index in [0.29, 0.717) is 6.42 Å². The van der Waals surface area contributed by atoms with E-state index in [4.69, 9.17) is 9.72 Å². The number of benzene rings is 2. The number of fused-ring (bicyclic) bond motifs is 2. The van der Waals surface area contributed by atoms with Gasteiger partial charge in [0.05, 0.1) is 24.7 Å². The molecule has 39 heavy (non-hydrogen) atoms. The van der Waals surface area contributed by atoms with Gasteiger partial charge in [-0.1, -0.05) is 51.0 Å². The molecule has 206 valence electrons. The van der Waals surface area contributed by atoms with Crippen LogP contribution < -0.4 is 15.0 Å². The minimum atomic E-state index is -0.0801. The summed E-state index contributed by atoms with van der Waals surface area (Å²) in [5.41, 5.74) is 5.94. The lowest BCUT2D eigenvalue weighted by Gasteiger charge is -2.24. The molecule has 1 saturated heterocycles. The van der Waals surface area contributed by atoms with Gasteiger partial charge in [-0.05, 0) is 73.6 Å². The van der Waals surface area contributed by atoms with Gasteiger partial charge in [0.1, 0.15) is 11.6 Å². The van der Waals surface area contributed by atoms with Crippen molar-refractivity contribution in [2.45, 2.75) is 77.6 Å². The fourth-order valence-corrected chi connectivity index (χ4v) is 6.25. The SMILES string of the molecule is CCCC1Cc2nc(CCc3ccc(N4CCCC(CC)CC4)cc3OC)ncc2NC(=O)c2ccccc21. The van der Waals surface area contributed by atoms with E-state index in [1.54, 1.807) is 13.3 Å². The lowest BCUT2D eigenvalue weighted by atomic mass is 9.85. The normalized spacial score (nSPS) is 19.3. The van der Waals surface area contributed by atoms with E-state index in [-0.39, 0.29) is 11.8 Å². The zero-order valence-corrected chi connectivity index (χ0v) is 23.7. The van der Waals surface area contributed by atoms with E-state index >= 15 is 0 Å². The Kier molecular flexibility index (Phi) is 8.80. The standard InChI is InChI=1S/C33H42N4O2/c1-4-9-25-20-29-30(36-33(38)28-12-7-6-11-27(25)28)22-34-32(35-29)16-14-24-13-15-26(21-31(24)39-3)37-18-8-10-23(5-2)17-19-37/h6-7,11-13,15,21-23,25H,4-5,8-10,14,16-20H2,1-3H3,(H,36,38). The van der Waals surface area contributed by atoms with E-state index in [0.717, 1.165) is 78.8 Å². The quantitative estimate of drug-likeness (QED) is 0.343. The number of hydrogen-bond donors (Lipinski definition) is 1. The Bertz CT molecular complexity index is 1290. The molecule has 0 spiro atoms. The number of carbonyl (C=O) groups is 1. The summed E-state index contributed by atoms with van der Waals surface area (Å²) in [5.74, 6) is 2.77. The van der Waals surface area contributed by atoms with Crippen LogP contribution >= 0.6 is 0 Å². The minimum absolute atomic E-state index is 0.0801. The monoisotopic (exact) mass is 526 g/mol. The summed E-state index contributed by atoms with van der Waals surface area (Å²) in [7, 11) is 1.76. The van der Waals surface area contributed by atoms with Crippen molar-refractivity contribution in [3.63, 3.8) is 0 Å². The third kappa shape index (κ3) is 6.26. The summed E-state index contributed by atoms with van der Waals surface area (Å²) in [6, 6.07) is 14.6. The third-order valence-electron chi connectivity index (χ3n) is 8.57. The average Bonchev–Trinajstić information content (AvgIpc) is 3.22. The molecule has 1 N–H and O–H groups in total. The van der Waals surface area contributed by atoms with Crippen LogP contribution in [-0.2, 0) is 19.3 Å². The number of methoxy groups -OCH3 is 1. The summed E-state index contributed by atoms with van der Waals surface area (Å²) in [4.78, 5) is 25.2. The van der Waals surface area contributed by atoms with Crippen LogP contribution in [0.1, 0.15) is 91.3 Å². The number of nitrogens with zero attached hydrogens (tertiary/aromatic N) is 3. The molecule has 6 nitrogen and oxygen atoms in total. The Morgan fingerprint density at radius 2 is 1.95 bits per heavy atom. The van der Waals surface area contributed by atoms with Gasteiger partial charge in [0, 0.05) is 36.8 Å². The van der Waals surface area contributed by atoms with Crippen molar-refractivity contribution >= 4 is 17.3 Å². The number of aromatic nitrogens is 2. The van der Waals surface area contributed by atoms with Crippen molar-refractivity contribution in [3.05, 3.63) is 76.9 Å². The fourth-order valence-electron chi connectivity index (χ4n) is 6.25. The smallest absolute Gasteiger partial charge is 0.256 e. The van der Waals surface area contributed by atoms with Crippen LogP contribution in [0.5, 0.6) is 5.75 Å². The van der Waals surface area contributed by atoms with Crippen LogP contribution in [0.15, 0.2) is 48.7 Å². The van der Waals surface area contributed by atoms with Crippen LogP contribution in [0.4, 0.5) is 11.4 Å². The maximum Gasteiger partial charge on any atom is 0.256 e. The van der Waals surface area contributed by atoms with Crippen molar-refractivity contribution in [1.29, 1.82) is 0 Å². The van der Waals surface area contributed by atoms with E-state index in [1.807, 2.05) is 18.2 Å².